The van der Waals surface area contributed by atoms with E-state index in [2.05, 4.69) is 0 Å². The van der Waals surface area contributed by atoms with E-state index in [4.69, 9.17) is 26.4 Å². The maximum Gasteiger partial charge on any atom is 0.351 e. The summed E-state index contributed by atoms with van der Waals surface area (Å²) in [7, 11) is -3.64. The lowest BCUT2D eigenvalue weighted by molar-refractivity contribution is -0.384. The first kappa shape index (κ1) is 17.1. The second kappa shape index (κ2) is 7.15. The first-order chi connectivity index (χ1) is 9.35. The lowest BCUT2D eigenvalue weighted by atomic mass is 10.2. The molecule has 0 fully saturated rings. The second-order valence-electron chi connectivity index (χ2n) is 3.78. The van der Waals surface area contributed by atoms with Gasteiger partial charge in [0.2, 0.25) is 0 Å². The highest BCUT2D eigenvalue weighted by molar-refractivity contribution is 7.54. The monoisotopic (exact) mass is 322 g/mol. The van der Waals surface area contributed by atoms with Gasteiger partial charge in [-0.2, -0.15) is 0 Å². The van der Waals surface area contributed by atoms with Crippen LogP contribution in [0.5, 0.6) is 0 Å². The van der Waals surface area contributed by atoms with E-state index >= 15 is 0 Å². The summed E-state index contributed by atoms with van der Waals surface area (Å²) < 4.78 is 22.8. The van der Waals surface area contributed by atoms with Crippen LogP contribution < -0.4 is 5.73 Å². The van der Waals surface area contributed by atoms with Crippen LogP contribution in [0, 0.1) is 10.1 Å². The van der Waals surface area contributed by atoms with Crippen molar-refractivity contribution in [1.82, 2.24) is 0 Å². The largest absolute Gasteiger partial charge is 0.351 e. The molecule has 1 atom stereocenters. The molecule has 0 saturated heterocycles. The van der Waals surface area contributed by atoms with E-state index in [-0.39, 0.29) is 29.5 Å². The number of non-ortho nitro benzene ring substituents is 1. The number of hydrogen-bond donors (Lipinski definition) is 1. The van der Waals surface area contributed by atoms with Gasteiger partial charge in [0.25, 0.3) is 5.69 Å². The van der Waals surface area contributed by atoms with Crippen LogP contribution in [-0.4, -0.2) is 18.1 Å². The Morgan fingerprint density at radius 2 is 1.95 bits per heavy atom. The van der Waals surface area contributed by atoms with E-state index in [1.54, 1.807) is 13.8 Å². The molecule has 0 aromatic heterocycles. The number of rotatable bonds is 7. The van der Waals surface area contributed by atoms with Gasteiger partial charge in [-0.1, -0.05) is 11.6 Å². The summed E-state index contributed by atoms with van der Waals surface area (Å²) in [5.41, 5.74) is 5.86. The zero-order chi connectivity index (χ0) is 15.3. The molecule has 0 aliphatic heterocycles. The van der Waals surface area contributed by atoms with Crippen molar-refractivity contribution in [1.29, 1.82) is 0 Å². The molecular weight excluding hydrogens is 307 g/mol. The van der Waals surface area contributed by atoms with Crippen LogP contribution in [0.15, 0.2) is 18.2 Å². The van der Waals surface area contributed by atoms with E-state index < -0.39 is 18.3 Å². The fraction of sp³-hybridized carbons (Fsp3) is 0.455. The second-order valence-corrected chi connectivity index (χ2v) is 6.34. The molecule has 0 aliphatic rings. The van der Waals surface area contributed by atoms with Gasteiger partial charge in [0.15, 0.2) is 0 Å². The Hall–Kier alpha value is -0.980. The Morgan fingerprint density at radius 3 is 2.40 bits per heavy atom. The van der Waals surface area contributed by atoms with Crippen LogP contribution in [0.3, 0.4) is 0 Å². The summed E-state index contributed by atoms with van der Waals surface area (Å²) in [4.78, 5) is 10.2. The van der Waals surface area contributed by atoms with Crippen molar-refractivity contribution in [2.75, 3.05) is 13.2 Å². The van der Waals surface area contributed by atoms with Crippen molar-refractivity contribution < 1.29 is 18.5 Å². The number of nitrogens with two attached hydrogens (primary N) is 1. The highest BCUT2D eigenvalue weighted by Gasteiger charge is 2.35. The van der Waals surface area contributed by atoms with Crippen molar-refractivity contribution >= 4 is 24.9 Å². The minimum atomic E-state index is -3.64. The fourth-order valence-electron chi connectivity index (χ4n) is 1.60. The van der Waals surface area contributed by atoms with Gasteiger partial charge in [-0.25, -0.2) is 0 Å². The third-order valence-corrected chi connectivity index (χ3v) is 5.01. The fourth-order valence-corrected chi connectivity index (χ4v) is 3.58. The standard InChI is InChI=1S/C11H16ClN2O5P/c1-3-18-20(17,19-4-2)11(13)9-7-8(14(15)16)5-6-10(9)12/h5-7,11H,3-4,13H2,1-2H3/t11-/m1/s1. The minimum absolute atomic E-state index is 0.136. The molecule has 0 spiro atoms. The lowest BCUT2D eigenvalue weighted by Crippen LogP contribution is -2.15. The molecule has 0 amide bonds. The van der Waals surface area contributed by atoms with Crippen molar-refractivity contribution in [3.63, 3.8) is 0 Å². The van der Waals surface area contributed by atoms with Gasteiger partial charge in [0.05, 0.1) is 18.1 Å². The Bertz CT molecular complexity index is 530. The molecule has 1 aromatic carbocycles. The van der Waals surface area contributed by atoms with E-state index in [0.717, 1.165) is 0 Å². The van der Waals surface area contributed by atoms with Gasteiger partial charge in [-0.15, -0.1) is 0 Å². The molecular formula is C11H16ClN2O5P. The maximum absolute atomic E-state index is 12.5. The number of nitrogens with zero attached hydrogens (tertiary/aromatic N) is 1. The maximum atomic E-state index is 12.5. The first-order valence-electron chi connectivity index (χ1n) is 5.94. The SMILES string of the molecule is CCOP(=O)(OCC)[C@@H](N)c1cc([N+](=O)[O-])ccc1Cl. The summed E-state index contributed by atoms with van der Waals surface area (Å²) in [5.74, 6) is -1.19. The molecule has 2 N–H and O–H groups in total. The molecule has 9 heteroatoms. The first-order valence-corrected chi connectivity index (χ1v) is 7.93. The van der Waals surface area contributed by atoms with Crippen molar-refractivity contribution in [2.45, 2.75) is 19.6 Å². The van der Waals surface area contributed by atoms with Gasteiger partial charge < -0.3 is 14.8 Å². The van der Waals surface area contributed by atoms with Crippen LogP contribution in [0.2, 0.25) is 5.02 Å². The Balaban J connectivity index is 3.23. The molecule has 0 aliphatic carbocycles. The quantitative estimate of drug-likeness (QED) is 0.468. The molecule has 0 saturated carbocycles. The normalized spacial score (nSPS) is 13.2. The highest BCUT2D eigenvalue weighted by atomic mass is 35.5. The molecule has 20 heavy (non-hydrogen) atoms. The molecule has 0 bridgehead atoms. The Kier molecular flexibility index (Phi) is 6.10. The minimum Gasteiger partial charge on any atom is -0.314 e. The third-order valence-electron chi connectivity index (χ3n) is 2.47. The zero-order valence-corrected chi connectivity index (χ0v) is 12.8. The Morgan fingerprint density at radius 1 is 1.40 bits per heavy atom. The molecule has 112 valence electrons. The topological polar surface area (TPSA) is 105 Å². The number of halogens is 1. The van der Waals surface area contributed by atoms with Crippen molar-refractivity contribution in [3.8, 4) is 0 Å². The van der Waals surface area contributed by atoms with Gasteiger partial charge in [0, 0.05) is 22.7 Å². The Labute approximate surface area is 121 Å². The molecule has 0 radical (unpaired) electrons. The summed E-state index contributed by atoms with van der Waals surface area (Å²) in [6, 6.07) is 3.75. The van der Waals surface area contributed by atoms with Gasteiger partial charge in [0.1, 0.15) is 5.78 Å². The van der Waals surface area contributed by atoms with E-state index in [0.29, 0.717) is 0 Å². The lowest BCUT2D eigenvalue weighted by Gasteiger charge is -2.23. The molecule has 1 rings (SSSR count). The summed E-state index contributed by atoms with van der Waals surface area (Å²) in [6.45, 7) is 3.57. The van der Waals surface area contributed by atoms with Crippen molar-refractivity contribution in [2.24, 2.45) is 5.73 Å². The molecule has 0 heterocycles. The average Bonchev–Trinajstić information content (AvgIpc) is 2.38. The predicted octanol–water partition coefficient (Wildman–Crippen LogP) is 3.47. The van der Waals surface area contributed by atoms with Crippen LogP contribution in [0.4, 0.5) is 5.69 Å². The zero-order valence-electron chi connectivity index (χ0n) is 11.1. The summed E-state index contributed by atoms with van der Waals surface area (Å²) >= 11 is 5.97. The summed E-state index contributed by atoms with van der Waals surface area (Å²) in [5, 5.41) is 10.9. The summed E-state index contributed by atoms with van der Waals surface area (Å²) in [6.07, 6.45) is 0. The van der Waals surface area contributed by atoms with Crippen LogP contribution in [0.25, 0.3) is 0 Å². The van der Waals surface area contributed by atoms with Crippen molar-refractivity contribution in [3.05, 3.63) is 38.9 Å². The van der Waals surface area contributed by atoms with E-state index in [9.17, 15) is 14.7 Å². The van der Waals surface area contributed by atoms with Crippen LogP contribution in [-0.2, 0) is 13.6 Å². The third kappa shape index (κ3) is 3.77. The van der Waals surface area contributed by atoms with Gasteiger partial charge in [-0.05, 0) is 19.9 Å². The van der Waals surface area contributed by atoms with Gasteiger partial charge in [-0.3, -0.25) is 14.7 Å². The predicted molar refractivity (Wildman–Crippen MR) is 75.9 cm³/mol. The van der Waals surface area contributed by atoms with Crippen LogP contribution >= 0.6 is 19.2 Å². The van der Waals surface area contributed by atoms with Gasteiger partial charge >= 0.3 is 7.60 Å². The number of hydrogen-bond acceptors (Lipinski definition) is 6. The molecule has 1 aromatic rings. The van der Waals surface area contributed by atoms with E-state index in [1.165, 1.54) is 18.2 Å². The van der Waals surface area contributed by atoms with Crippen LogP contribution in [0.1, 0.15) is 25.2 Å². The molecule has 7 nitrogen and oxygen atoms in total. The van der Waals surface area contributed by atoms with E-state index in [1.807, 2.05) is 0 Å². The number of nitro groups is 1. The highest BCUT2D eigenvalue weighted by Crippen LogP contribution is 2.59. The number of nitro benzene ring substituents is 1. The molecule has 0 unspecified atom stereocenters. The smallest absolute Gasteiger partial charge is 0.314 e. The average molecular weight is 323 g/mol. The number of benzene rings is 1.